The number of thioether (sulfide) groups is 1. The Balaban J connectivity index is 2.65. The Labute approximate surface area is 176 Å². The number of nitrogens with zero attached hydrogens (tertiary/aromatic N) is 3. The molecule has 0 bridgehead atoms. The Morgan fingerprint density at radius 1 is 1.27 bits per heavy atom. The Morgan fingerprint density at radius 2 is 1.93 bits per heavy atom. The number of anilines is 1. The normalized spacial score (nSPS) is 12.1. The number of hydrogen-bond donors (Lipinski definition) is 1. The van der Waals surface area contributed by atoms with Crippen LogP contribution in [-0.2, 0) is 10.9 Å². The van der Waals surface area contributed by atoms with Crippen molar-refractivity contribution in [1.29, 1.82) is 5.26 Å². The van der Waals surface area contributed by atoms with E-state index in [9.17, 15) is 31.6 Å². The number of ether oxygens (including phenoxy) is 1. The van der Waals surface area contributed by atoms with Crippen molar-refractivity contribution in [2.45, 2.75) is 30.4 Å². The summed E-state index contributed by atoms with van der Waals surface area (Å²) in [5.41, 5.74) is -6.36. The predicted octanol–water partition coefficient (Wildman–Crippen LogP) is 5.78. The van der Waals surface area contributed by atoms with E-state index in [4.69, 9.17) is 16.3 Å². The highest BCUT2D eigenvalue weighted by Gasteiger charge is 2.36. The van der Waals surface area contributed by atoms with Crippen LogP contribution >= 0.6 is 23.4 Å². The third-order valence-corrected chi connectivity index (χ3v) is 4.81. The number of aromatic nitrogens is 2. The van der Waals surface area contributed by atoms with E-state index < -0.39 is 39.6 Å². The smallest absolute Gasteiger partial charge is 0.380 e. The minimum atomic E-state index is -4.73. The summed E-state index contributed by atoms with van der Waals surface area (Å²) < 4.78 is 84.3. The molecule has 0 spiro atoms. The van der Waals surface area contributed by atoms with Gasteiger partial charge in [-0.3, -0.25) is 0 Å². The van der Waals surface area contributed by atoms with Gasteiger partial charge in [0.05, 0.1) is 27.8 Å². The van der Waals surface area contributed by atoms with Gasteiger partial charge in [0.1, 0.15) is 11.9 Å². The van der Waals surface area contributed by atoms with E-state index in [1.54, 1.807) is 13.0 Å². The molecule has 13 heteroatoms. The average Bonchev–Trinajstić information content (AvgIpc) is 2.93. The molecule has 2 rings (SSSR count). The maximum atomic E-state index is 13.0. The van der Waals surface area contributed by atoms with Crippen LogP contribution in [0.1, 0.15) is 23.7 Å². The van der Waals surface area contributed by atoms with Crippen molar-refractivity contribution in [2.75, 3.05) is 25.1 Å². The number of alkyl halides is 6. The van der Waals surface area contributed by atoms with Gasteiger partial charge in [-0.15, -0.1) is 0 Å². The molecule has 0 aliphatic carbocycles. The molecule has 2 aromatic rings. The fourth-order valence-corrected chi connectivity index (χ4v) is 3.58. The lowest BCUT2D eigenvalue weighted by Gasteiger charge is -2.17. The van der Waals surface area contributed by atoms with Gasteiger partial charge in [-0.05, 0) is 43.3 Å². The maximum Gasteiger partial charge on any atom is 0.446 e. The fraction of sp³-hybridized carbons (Fsp3) is 0.412. The van der Waals surface area contributed by atoms with Crippen LogP contribution in [-0.4, -0.2) is 35.0 Å². The van der Waals surface area contributed by atoms with Crippen LogP contribution in [0.25, 0.3) is 5.69 Å². The van der Waals surface area contributed by atoms with Crippen molar-refractivity contribution in [3.63, 3.8) is 0 Å². The molecule has 0 unspecified atom stereocenters. The highest BCUT2D eigenvalue weighted by molar-refractivity contribution is 8.00. The topological polar surface area (TPSA) is 62.9 Å². The molecular weight excluding hydrogens is 458 g/mol. The van der Waals surface area contributed by atoms with E-state index in [0.29, 0.717) is 12.7 Å². The summed E-state index contributed by atoms with van der Waals surface area (Å²) in [5.74, 6) is -0.224. The van der Waals surface area contributed by atoms with E-state index in [1.165, 1.54) is 6.92 Å². The molecule has 1 aromatic heterocycles. The lowest BCUT2D eigenvalue weighted by molar-refractivity contribution is -0.137. The van der Waals surface area contributed by atoms with Crippen molar-refractivity contribution in [3.8, 4) is 11.8 Å². The Morgan fingerprint density at radius 3 is 2.43 bits per heavy atom. The summed E-state index contributed by atoms with van der Waals surface area (Å²) in [6.07, 6.45) is -4.66. The van der Waals surface area contributed by atoms with Crippen LogP contribution in [0.4, 0.5) is 32.2 Å². The third kappa shape index (κ3) is 5.74. The van der Waals surface area contributed by atoms with Crippen LogP contribution in [0.15, 0.2) is 17.0 Å². The summed E-state index contributed by atoms with van der Waals surface area (Å²) >= 11 is 5.49. The number of hydrogen-bond acceptors (Lipinski definition) is 5. The van der Waals surface area contributed by atoms with Gasteiger partial charge in [0.15, 0.2) is 5.69 Å². The van der Waals surface area contributed by atoms with Crippen molar-refractivity contribution in [1.82, 2.24) is 9.78 Å². The van der Waals surface area contributed by atoms with Gasteiger partial charge in [0.2, 0.25) is 0 Å². The minimum absolute atomic E-state index is 0.0123. The van der Waals surface area contributed by atoms with E-state index in [1.807, 2.05) is 0 Å². The number of rotatable bonds is 7. The molecule has 0 saturated heterocycles. The highest BCUT2D eigenvalue weighted by atomic mass is 35.5. The lowest BCUT2D eigenvalue weighted by Crippen LogP contribution is -2.15. The SMILES string of the molecule is CCOCCNc1c(SC(F)(F)F)c(C#N)nn1-c1c(C)cc(C(F)(F)F)cc1Cl. The summed E-state index contributed by atoms with van der Waals surface area (Å²) in [6.45, 7) is 3.62. The van der Waals surface area contributed by atoms with Gasteiger partial charge in [0, 0.05) is 13.2 Å². The molecule has 30 heavy (non-hydrogen) atoms. The van der Waals surface area contributed by atoms with Crippen LogP contribution in [0, 0.1) is 18.3 Å². The van der Waals surface area contributed by atoms with Gasteiger partial charge >= 0.3 is 11.7 Å². The number of benzene rings is 1. The quantitative estimate of drug-likeness (QED) is 0.314. The molecule has 0 amide bonds. The molecule has 0 atom stereocenters. The largest absolute Gasteiger partial charge is 0.446 e. The first kappa shape index (κ1) is 24.2. The molecular formula is C17H15ClF6N4OS. The fourth-order valence-electron chi connectivity index (χ4n) is 2.56. The minimum Gasteiger partial charge on any atom is -0.380 e. The van der Waals surface area contributed by atoms with Crippen LogP contribution in [0.3, 0.4) is 0 Å². The van der Waals surface area contributed by atoms with Crippen LogP contribution < -0.4 is 5.32 Å². The molecule has 5 nitrogen and oxygen atoms in total. The van der Waals surface area contributed by atoms with Gasteiger partial charge in [-0.2, -0.15) is 36.7 Å². The van der Waals surface area contributed by atoms with Crippen molar-refractivity contribution in [2.24, 2.45) is 0 Å². The Kier molecular flexibility index (Phi) is 7.54. The average molecular weight is 473 g/mol. The Bertz CT molecular complexity index is 928. The van der Waals surface area contributed by atoms with Crippen molar-refractivity contribution >= 4 is 29.2 Å². The van der Waals surface area contributed by atoms with Crippen molar-refractivity contribution < 1.29 is 31.1 Å². The number of nitriles is 1. The molecule has 0 aliphatic heterocycles. The zero-order valence-corrected chi connectivity index (χ0v) is 17.2. The highest BCUT2D eigenvalue weighted by Crippen LogP contribution is 2.44. The monoisotopic (exact) mass is 472 g/mol. The molecule has 0 saturated carbocycles. The van der Waals surface area contributed by atoms with E-state index in [0.717, 1.165) is 10.7 Å². The number of aryl methyl sites for hydroxylation is 1. The first-order valence-corrected chi connectivity index (χ1v) is 9.56. The van der Waals surface area contributed by atoms with Crippen LogP contribution in [0.5, 0.6) is 0 Å². The summed E-state index contributed by atoms with van der Waals surface area (Å²) in [4.78, 5) is -0.517. The molecule has 1 N–H and O–H groups in total. The van der Waals surface area contributed by atoms with E-state index in [-0.39, 0.29) is 35.2 Å². The van der Waals surface area contributed by atoms with Crippen molar-refractivity contribution in [3.05, 3.63) is 34.0 Å². The van der Waals surface area contributed by atoms with Gasteiger partial charge in [0.25, 0.3) is 0 Å². The standard InChI is InChI=1S/C17H15ClF6N4OS/c1-3-29-5-4-26-15-14(30-17(22,23)24)12(8-25)27-28(15)13-9(2)6-10(7-11(13)18)16(19,20)21/h6-7,26H,3-5H2,1-2H3. The maximum absolute atomic E-state index is 13.0. The zero-order valence-electron chi connectivity index (χ0n) is 15.6. The van der Waals surface area contributed by atoms with Gasteiger partial charge in [-0.25, -0.2) is 4.68 Å². The molecule has 1 aromatic carbocycles. The first-order valence-electron chi connectivity index (χ1n) is 8.37. The zero-order chi connectivity index (χ0) is 22.7. The number of nitrogens with one attached hydrogen (secondary N) is 1. The second-order valence-electron chi connectivity index (χ2n) is 5.84. The third-order valence-electron chi connectivity index (χ3n) is 3.70. The summed E-state index contributed by atoms with van der Waals surface area (Å²) in [6, 6.07) is 3.03. The summed E-state index contributed by atoms with van der Waals surface area (Å²) in [7, 11) is 0. The first-order chi connectivity index (χ1) is 13.9. The molecule has 0 aliphatic rings. The molecule has 0 fully saturated rings. The molecule has 164 valence electrons. The molecule has 1 heterocycles. The van der Waals surface area contributed by atoms with Gasteiger partial charge in [-0.1, -0.05) is 11.6 Å². The lowest BCUT2D eigenvalue weighted by atomic mass is 10.1. The second kappa shape index (κ2) is 9.36. The molecule has 0 radical (unpaired) electrons. The Hall–Kier alpha value is -2.10. The van der Waals surface area contributed by atoms with Gasteiger partial charge < -0.3 is 10.1 Å². The van der Waals surface area contributed by atoms with E-state index >= 15 is 0 Å². The summed E-state index contributed by atoms with van der Waals surface area (Å²) in [5, 5.41) is 15.5. The number of halogens is 7. The van der Waals surface area contributed by atoms with Crippen LogP contribution in [0.2, 0.25) is 5.02 Å². The van der Waals surface area contributed by atoms with E-state index in [2.05, 4.69) is 10.4 Å². The predicted molar refractivity (Wildman–Crippen MR) is 99.9 cm³/mol. The second-order valence-corrected chi connectivity index (χ2v) is 7.33.